The van der Waals surface area contributed by atoms with E-state index in [1.165, 1.54) is 11.1 Å². The van der Waals surface area contributed by atoms with E-state index in [0.717, 1.165) is 19.5 Å². The predicted octanol–water partition coefficient (Wildman–Crippen LogP) is 2.52. The molecule has 1 fully saturated rings. The van der Waals surface area contributed by atoms with Gasteiger partial charge in [-0.2, -0.15) is 0 Å². The molecule has 0 saturated carbocycles. The Morgan fingerprint density at radius 2 is 2.00 bits per heavy atom. The molecule has 104 valence electrons. The van der Waals surface area contributed by atoms with Crippen molar-refractivity contribution in [1.82, 2.24) is 9.80 Å². The maximum atomic E-state index is 12.0. The van der Waals surface area contributed by atoms with Crippen LogP contribution in [0.4, 0.5) is 0 Å². The van der Waals surface area contributed by atoms with Crippen LogP contribution in [0.2, 0.25) is 0 Å². The van der Waals surface area contributed by atoms with Crippen LogP contribution < -0.4 is 0 Å². The third-order valence-electron chi connectivity index (χ3n) is 3.33. The van der Waals surface area contributed by atoms with Crippen molar-refractivity contribution in [1.29, 1.82) is 0 Å². The molecule has 0 bridgehead atoms. The van der Waals surface area contributed by atoms with Gasteiger partial charge in [0.1, 0.15) is 5.37 Å². The minimum absolute atomic E-state index is 0.204. The predicted molar refractivity (Wildman–Crippen MR) is 81.3 cm³/mol. The summed E-state index contributed by atoms with van der Waals surface area (Å²) < 4.78 is 0. The van der Waals surface area contributed by atoms with Gasteiger partial charge in [-0.1, -0.05) is 29.8 Å². The van der Waals surface area contributed by atoms with Crippen LogP contribution in [-0.2, 0) is 4.79 Å². The molecule has 1 saturated heterocycles. The van der Waals surface area contributed by atoms with E-state index in [-0.39, 0.29) is 11.3 Å². The molecule has 0 spiro atoms. The Balaban J connectivity index is 2.02. The Hall–Kier alpha value is -1.00. The summed E-state index contributed by atoms with van der Waals surface area (Å²) >= 11 is 1.74. The normalized spacial score (nSPS) is 19.5. The Morgan fingerprint density at radius 3 is 2.63 bits per heavy atom. The first-order chi connectivity index (χ1) is 9.08. The number of hydrogen-bond donors (Lipinski definition) is 0. The fraction of sp³-hybridized carbons (Fsp3) is 0.533. The number of carbonyl (C=O) groups is 1. The highest BCUT2D eigenvalue weighted by Gasteiger charge is 2.32. The minimum atomic E-state index is 0.204. The molecule has 19 heavy (non-hydrogen) atoms. The standard InChI is InChI=1S/C15H22N2OS/c1-12-5-7-13(8-6-12)15-17(14(18)11-19-15)10-4-9-16(2)3/h5-8,15H,4,9-11H2,1-3H3/t15-/m0/s1. The number of aryl methyl sites for hydroxylation is 1. The molecule has 1 aromatic carbocycles. The lowest BCUT2D eigenvalue weighted by atomic mass is 10.1. The van der Waals surface area contributed by atoms with Crippen molar-refractivity contribution in [2.24, 2.45) is 0 Å². The van der Waals surface area contributed by atoms with Crippen LogP contribution in [-0.4, -0.2) is 48.6 Å². The molecule has 1 aliphatic rings. The van der Waals surface area contributed by atoms with Gasteiger partial charge in [0.25, 0.3) is 0 Å². The summed E-state index contributed by atoms with van der Waals surface area (Å²) in [5.74, 6) is 0.884. The van der Waals surface area contributed by atoms with Gasteiger partial charge in [0.15, 0.2) is 0 Å². The number of benzene rings is 1. The van der Waals surface area contributed by atoms with Gasteiger partial charge >= 0.3 is 0 Å². The third-order valence-corrected chi connectivity index (χ3v) is 4.59. The summed E-state index contributed by atoms with van der Waals surface area (Å²) in [5.41, 5.74) is 2.50. The van der Waals surface area contributed by atoms with Gasteiger partial charge in [0.2, 0.25) is 5.91 Å². The molecule has 0 radical (unpaired) electrons. The second kappa shape index (κ2) is 6.44. The summed E-state index contributed by atoms with van der Waals surface area (Å²) in [7, 11) is 4.13. The Morgan fingerprint density at radius 1 is 1.32 bits per heavy atom. The van der Waals surface area contributed by atoms with E-state index in [1.807, 2.05) is 4.90 Å². The SMILES string of the molecule is Cc1ccc([C@@H]2SCC(=O)N2CCCN(C)C)cc1. The van der Waals surface area contributed by atoms with Crippen molar-refractivity contribution >= 4 is 17.7 Å². The average Bonchev–Trinajstić information content (AvgIpc) is 2.72. The van der Waals surface area contributed by atoms with Gasteiger partial charge in [0, 0.05) is 6.54 Å². The fourth-order valence-electron chi connectivity index (χ4n) is 2.26. The lowest BCUT2D eigenvalue weighted by Gasteiger charge is -2.25. The smallest absolute Gasteiger partial charge is 0.233 e. The van der Waals surface area contributed by atoms with E-state index in [1.54, 1.807) is 11.8 Å². The van der Waals surface area contributed by atoms with Crippen LogP contribution in [0.1, 0.15) is 22.9 Å². The van der Waals surface area contributed by atoms with Gasteiger partial charge < -0.3 is 9.80 Å². The summed E-state index contributed by atoms with van der Waals surface area (Å²) in [6.45, 7) is 3.96. The molecule has 0 aromatic heterocycles. The van der Waals surface area contributed by atoms with Crippen LogP contribution in [0.15, 0.2) is 24.3 Å². The van der Waals surface area contributed by atoms with E-state index in [9.17, 15) is 4.79 Å². The van der Waals surface area contributed by atoms with Crippen LogP contribution in [0.3, 0.4) is 0 Å². The minimum Gasteiger partial charge on any atom is -0.326 e. The second-order valence-electron chi connectivity index (χ2n) is 5.32. The number of thioether (sulfide) groups is 1. The number of rotatable bonds is 5. The Kier molecular flexibility index (Phi) is 4.88. The molecule has 3 nitrogen and oxygen atoms in total. The van der Waals surface area contributed by atoms with E-state index < -0.39 is 0 Å². The van der Waals surface area contributed by atoms with Crippen molar-refractivity contribution in [3.05, 3.63) is 35.4 Å². The number of carbonyl (C=O) groups excluding carboxylic acids is 1. The fourth-order valence-corrected chi connectivity index (χ4v) is 3.48. The van der Waals surface area contributed by atoms with Gasteiger partial charge in [-0.15, -0.1) is 11.8 Å². The van der Waals surface area contributed by atoms with E-state index in [2.05, 4.69) is 50.2 Å². The summed E-state index contributed by atoms with van der Waals surface area (Å²) in [4.78, 5) is 16.2. The first-order valence-corrected chi connectivity index (χ1v) is 7.75. The highest BCUT2D eigenvalue weighted by molar-refractivity contribution is 8.00. The zero-order valence-electron chi connectivity index (χ0n) is 11.9. The summed E-state index contributed by atoms with van der Waals surface area (Å²) in [6, 6.07) is 8.53. The van der Waals surface area contributed by atoms with Crippen LogP contribution in [0.25, 0.3) is 0 Å². The molecule has 4 heteroatoms. The third kappa shape index (κ3) is 3.74. The van der Waals surface area contributed by atoms with E-state index >= 15 is 0 Å². The molecule has 1 heterocycles. The van der Waals surface area contributed by atoms with Gasteiger partial charge in [-0.3, -0.25) is 4.79 Å². The van der Waals surface area contributed by atoms with Crippen molar-refractivity contribution in [2.75, 3.05) is 32.9 Å². The first kappa shape index (κ1) is 14.4. The molecular formula is C15H22N2OS. The number of hydrogen-bond acceptors (Lipinski definition) is 3. The molecule has 1 atom stereocenters. The van der Waals surface area contributed by atoms with Crippen molar-refractivity contribution < 1.29 is 4.79 Å². The lowest BCUT2D eigenvalue weighted by Crippen LogP contribution is -2.31. The molecule has 2 rings (SSSR count). The molecule has 0 N–H and O–H groups in total. The number of amides is 1. The summed E-state index contributed by atoms with van der Waals surface area (Å²) in [6.07, 6.45) is 1.03. The highest BCUT2D eigenvalue weighted by atomic mass is 32.2. The average molecular weight is 278 g/mol. The van der Waals surface area contributed by atoms with Crippen molar-refractivity contribution in [2.45, 2.75) is 18.7 Å². The molecule has 0 unspecified atom stereocenters. The first-order valence-electron chi connectivity index (χ1n) is 6.70. The molecule has 0 aliphatic carbocycles. The Labute approximate surface area is 120 Å². The zero-order chi connectivity index (χ0) is 13.8. The van der Waals surface area contributed by atoms with E-state index in [0.29, 0.717) is 5.75 Å². The quantitative estimate of drug-likeness (QED) is 0.827. The van der Waals surface area contributed by atoms with E-state index in [4.69, 9.17) is 0 Å². The second-order valence-corrected chi connectivity index (χ2v) is 6.39. The molecule has 1 amide bonds. The summed E-state index contributed by atoms with van der Waals surface area (Å²) in [5, 5.41) is 0.204. The lowest BCUT2D eigenvalue weighted by molar-refractivity contribution is -0.128. The van der Waals surface area contributed by atoms with Crippen LogP contribution >= 0.6 is 11.8 Å². The van der Waals surface area contributed by atoms with Gasteiger partial charge in [0.05, 0.1) is 5.75 Å². The van der Waals surface area contributed by atoms with Gasteiger partial charge in [-0.05, 0) is 39.5 Å². The van der Waals surface area contributed by atoms with Crippen molar-refractivity contribution in [3.63, 3.8) is 0 Å². The largest absolute Gasteiger partial charge is 0.326 e. The van der Waals surface area contributed by atoms with Crippen molar-refractivity contribution in [3.8, 4) is 0 Å². The Bertz CT molecular complexity index is 430. The highest BCUT2D eigenvalue weighted by Crippen LogP contribution is 2.38. The van der Waals surface area contributed by atoms with Gasteiger partial charge in [-0.25, -0.2) is 0 Å². The maximum Gasteiger partial charge on any atom is 0.233 e. The zero-order valence-corrected chi connectivity index (χ0v) is 12.7. The maximum absolute atomic E-state index is 12.0. The topological polar surface area (TPSA) is 23.6 Å². The molecular weight excluding hydrogens is 256 g/mol. The molecule has 1 aliphatic heterocycles. The van der Waals surface area contributed by atoms with Crippen LogP contribution in [0, 0.1) is 6.92 Å². The monoisotopic (exact) mass is 278 g/mol. The number of nitrogens with zero attached hydrogens (tertiary/aromatic N) is 2. The molecule has 1 aromatic rings. The van der Waals surface area contributed by atoms with Crippen LogP contribution in [0.5, 0.6) is 0 Å².